The highest BCUT2D eigenvalue weighted by molar-refractivity contribution is 8.00. The molecule has 3 rings (SSSR count). The number of H-pyrrole nitrogens is 1. The standard InChI is InChI=1S/C16H20N4OS/c1-11(15(21)17-13-9-5-6-10-13)22-16-18-14(19-20-16)12-7-3-2-4-8-12/h2-4,7-8,11,13H,5-6,9-10H2,1H3,(H,17,21)(H,18,19,20)/t11-/m0/s1. The third-order valence-electron chi connectivity index (χ3n) is 3.87. The van der Waals surface area contributed by atoms with Crippen LogP contribution in [0.2, 0.25) is 0 Å². The summed E-state index contributed by atoms with van der Waals surface area (Å²) < 4.78 is 0. The Bertz CT molecular complexity index is 622. The molecule has 1 aliphatic carbocycles. The van der Waals surface area contributed by atoms with Gasteiger partial charge in [-0.25, -0.2) is 4.98 Å². The molecule has 1 amide bonds. The fourth-order valence-corrected chi connectivity index (χ4v) is 3.36. The van der Waals surface area contributed by atoms with Crippen LogP contribution in [0, 0.1) is 0 Å². The van der Waals surface area contributed by atoms with Crippen molar-refractivity contribution in [2.45, 2.75) is 49.1 Å². The molecule has 0 unspecified atom stereocenters. The van der Waals surface area contributed by atoms with Gasteiger partial charge in [-0.3, -0.25) is 9.89 Å². The van der Waals surface area contributed by atoms with Gasteiger partial charge in [-0.05, 0) is 19.8 Å². The molecular weight excluding hydrogens is 296 g/mol. The van der Waals surface area contributed by atoms with E-state index in [0.717, 1.165) is 24.2 Å². The van der Waals surface area contributed by atoms with Crippen molar-refractivity contribution in [3.8, 4) is 11.4 Å². The number of hydrogen-bond acceptors (Lipinski definition) is 4. The van der Waals surface area contributed by atoms with Gasteiger partial charge in [-0.2, -0.15) is 0 Å². The first-order valence-corrected chi connectivity index (χ1v) is 8.55. The fourth-order valence-electron chi connectivity index (χ4n) is 2.62. The Morgan fingerprint density at radius 3 is 2.77 bits per heavy atom. The molecule has 1 aliphatic rings. The van der Waals surface area contributed by atoms with E-state index in [1.54, 1.807) is 0 Å². The van der Waals surface area contributed by atoms with E-state index in [4.69, 9.17) is 0 Å². The highest BCUT2D eigenvalue weighted by Crippen LogP contribution is 2.24. The summed E-state index contributed by atoms with van der Waals surface area (Å²) >= 11 is 1.39. The van der Waals surface area contributed by atoms with Crippen LogP contribution in [0.3, 0.4) is 0 Å². The maximum Gasteiger partial charge on any atom is 0.233 e. The van der Waals surface area contributed by atoms with Gasteiger partial charge >= 0.3 is 0 Å². The molecule has 1 atom stereocenters. The van der Waals surface area contributed by atoms with E-state index < -0.39 is 0 Å². The largest absolute Gasteiger partial charge is 0.352 e. The zero-order valence-electron chi connectivity index (χ0n) is 12.6. The lowest BCUT2D eigenvalue weighted by Crippen LogP contribution is -2.37. The number of nitrogens with zero attached hydrogens (tertiary/aromatic N) is 2. The lowest BCUT2D eigenvalue weighted by atomic mass is 10.2. The van der Waals surface area contributed by atoms with Crippen LogP contribution in [-0.2, 0) is 4.79 Å². The van der Waals surface area contributed by atoms with E-state index in [0.29, 0.717) is 11.2 Å². The van der Waals surface area contributed by atoms with Gasteiger partial charge in [0.2, 0.25) is 11.1 Å². The molecule has 0 aliphatic heterocycles. The van der Waals surface area contributed by atoms with E-state index in [9.17, 15) is 4.79 Å². The molecule has 2 N–H and O–H groups in total. The Hall–Kier alpha value is -1.82. The van der Waals surface area contributed by atoms with E-state index in [1.807, 2.05) is 37.3 Å². The molecule has 1 heterocycles. The van der Waals surface area contributed by atoms with Crippen molar-refractivity contribution in [3.63, 3.8) is 0 Å². The molecule has 1 fully saturated rings. The predicted octanol–water partition coefficient (Wildman–Crippen LogP) is 3.01. The molecule has 2 aromatic rings. The van der Waals surface area contributed by atoms with Crippen LogP contribution in [0.4, 0.5) is 0 Å². The zero-order chi connectivity index (χ0) is 15.4. The average molecular weight is 316 g/mol. The molecule has 116 valence electrons. The lowest BCUT2D eigenvalue weighted by molar-refractivity contribution is -0.120. The Labute approximate surface area is 134 Å². The highest BCUT2D eigenvalue weighted by atomic mass is 32.2. The van der Waals surface area contributed by atoms with Gasteiger partial charge in [0.15, 0.2) is 5.82 Å². The maximum atomic E-state index is 12.2. The number of carbonyl (C=O) groups excluding carboxylic acids is 1. The molecular formula is C16H20N4OS. The number of benzene rings is 1. The van der Waals surface area contributed by atoms with Crippen LogP contribution in [0.25, 0.3) is 11.4 Å². The van der Waals surface area contributed by atoms with E-state index in [2.05, 4.69) is 20.5 Å². The average Bonchev–Trinajstić information content (AvgIpc) is 3.20. The quantitative estimate of drug-likeness (QED) is 0.832. The van der Waals surface area contributed by atoms with Crippen molar-refractivity contribution in [2.75, 3.05) is 0 Å². The molecule has 22 heavy (non-hydrogen) atoms. The second kappa shape index (κ2) is 6.96. The summed E-state index contributed by atoms with van der Waals surface area (Å²) in [6.45, 7) is 1.90. The molecule has 0 bridgehead atoms. The SMILES string of the molecule is C[C@H](Sc1n[nH]c(-c2ccccc2)n1)C(=O)NC1CCCC1. The minimum absolute atomic E-state index is 0.0722. The number of aromatic amines is 1. The maximum absolute atomic E-state index is 12.2. The van der Waals surface area contributed by atoms with Gasteiger partial charge in [0.25, 0.3) is 0 Å². The van der Waals surface area contributed by atoms with Crippen molar-refractivity contribution in [2.24, 2.45) is 0 Å². The van der Waals surface area contributed by atoms with E-state index in [-0.39, 0.29) is 11.2 Å². The summed E-state index contributed by atoms with van der Waals surface area (Å²) in [5.74, 6) is 0.800. The molecule has 1 aromatic carbocycles. The van der Waals surface area contributed by atoms with Gasteiger partial charge in [0.05, 0.1) is 5.25 Å². The third kappa shape index (κ3) is 3.68. The second-order valence-electron chi connectivity index (χ2n) is 5.58. The van der Waals surface area contributed by atoms with Gasteiger partial charge in [0, 0.05) is 11.6 Å². The predicted molar refractivity (Wildman–Crippen MR) is 87.5 cm³/mol. The first-order valence-electron chi connectivity index (χ1n) is 7.67. The normalized spacial score (nSPS) is 16.6. The number of amides is 1. The van der Waals surface area contributed by atoms with Gasteiger partial charge < -0.3 is 5.32 Å². The smallest absolute Gasteiger partial charge is 0.233 e. The summed E-state index contributed by atoms with van der Waals surface area (Å²) in [5.41, 5.74) is 0.991. The molecule has 1 saturated carbocycles. The van der Waals surface area contributed by atoms with Crippen molar-refractivity contribution in [3.05, 3.63) is 30.3 Å². The van der Waals surface area contributed by atoms with Crippen LogP contribution in [0.15, 0.2) is 35.5 Å². The van der Waals surface area contributed by atoms with Gasteiger partial charge in [0.1, 0.15) is 0 Å². The van der Waals surface area contributed by atoms with E-state index in [1.165, 1.54) is 24.6 Å². The van der Waals surface area contributed by atoms with Crippen LogP contribution in [-0.4, -0.2) is 32.4 Å². The summed E-state index contributed by atoms with van der Waals surface area (Å²) in [7, 11) is 0. The summed E-state index contributed by atoms with van der Waals surface area (Å²) in [6, 6.07) is 10.2. The second-order valence-corrected chi connectivity index (χ2v) is 6.89. The fraction of sp³-hybridized carbons (Fsp3) is 0.438. The van der Waals surface area contributed by atoms with Crippen molar-refractivity contribution < 1.29 is 4.79 Å². The van der Waals surface area contributed by atoms with Gasteiger partial charge in [-0.15, -0.1) is 5.10 Å². The monoisotopic (exact) mass is 316 g/mol. The third-order valence-corrected chi connectivity index (χ3v) is 4.83. The topological polar surface area (TPSA) is 70.7 Å². The number of hydrogen-bond donors (Lipinski definition) is 2. The summed E-state index contributed by atoms with van der Waals surface area (Å²) in [4.78, 5) is 16.6. The Morgan fingerprint density at radius 2 is 2.05 bits per heavy atom. The minimum Gasteiger partial charge on any atom is -0.352 e. The van der Waals surface area contributed by atoms with Crippen molar-refractivity contribution in [1.82, 2.24) is 20.5 Å². The van der Waals surface area contributed by atoms with E-state index >= 15 is 0 Å². The first kappa shape index (κ1) is 15.1. The lowest BCUT2D eigenvalue weighted by Gasteiger charge is -2.15. The number of thioether (sulfide) groups is 1. The van der Waals surface area contributed by atoms with Crippen LogP contribution >= 0.6 is 11.8 Å². The van der Waals surface area contributed by atoms with Crippen LogP contribution < -0.4 is 5.32 Å². The Balaban J connectivity index is 1.58. The molecule has 0 saturated heterocycles. The first-order chi connectivity index (χ1) is 10.7. The number of nitrogens with one attached hydrogen (secondary N) is 2. The molecule has 5 nitrogen and oxygen atoms in total. The number of aromatic nitrogens is 3. The zero-order valence-corrected chi connectivity index (χ0v) is 13.4. The molecule has 0 radical (unpaired) electrons. The number of rotatable bonds is 5. The summed E-state index contributed by atoms with van der Waals surface area (Å²) in [6.07, 6.45) is 4.63. The van der Waals surface area contributed by atoms with Crippen molar-refractivity contribution in [1.29, 1.82) is 0 Å². The minimum atomic E-state index is -0.194. The summed E-state index contributed by atoms with van der Waals surface area (Å²) in [5, 5.41) is 10.6. The van der Waals surface area contributed by atoms with Crippen LogP contribution in [0.5, 0.6) is 0 Å². The highest BCUT2D eigenvalue weighted by Gasteiger charge is 2.22. The van der Waals surface area contributed by atoms with Crippen LogP contribution in [0.1, 0.15) is 32.6 Å². The van der Waals surface area contributed by atoms with Crippen molar-refractivity contribution >= 4 is 17.7 Å². The Morgan fingerprint density at radius 1 is 1.32 bits per heavy atom. The molecule has 6 heteroatoms. The Kier molecular flexibility index (Phi) is 4.77. The van der Waals surface area contributed by atoms with Gasteiger partial charge in [-0.1, -0.05) is 54.9 Å². The number of carbonyl (C=O) groups is 1. The molecule has 0 spiro atoms. The molecule has 1 aromatic heterocycles.